The van der Waals surface area contributed by atoms with E-state index in [0.29, 0.717) is 6.04 Å². The Balaban J connectivity index is 1.97. The molecular weight excluding hydrogens is 254 g/mol. The lowest BCUT2D eigenvalue weighted by Gasteiger charge is -2.38. The van der Waals surface area contributed by atoms with Crippen LogP contribution >= 0.6 is 11.6 Å². The molecule has 0 spiro atoms. The van der Waals surface area contributed by atoms with Gasteiger partial charge in [0.1, 0.15) is 0 Å². The van der Waals surface area contributed by atoms with Gasteiger partial charge in [0.05, 0.1) is 0 Å². The molecule has 0 bridgehead atoms. The molecule has 2 heteroatoms. The van der Waals surface area contributed by atoms with E-state index >= 15 is 0 Å². The van der Waals surface area contributed by atoms with Gasteiger partial charge >= 0.3 is 0 Å². The maximum Gasteiger partial charge on any atom is 0.0409 e. The molecule has 1 heterocycles. The van der Waals surface area contributed by atoms with Crippen LogP contribution in [0.2, 0.25) is 5.02 Å². The minimum absolute atomic E-state index is 0.252. The highest BCUT2D eigenvalue weighted by Gasteiger charge is 2.37. The molecule has 1 aliphatic heterocycles. The SMILES string of the molecule is CC(C)(C)N1CCCC1c1ccc(Cl)cc1C1CC1. The monoisotopic (exact) mass is 277 g/mol. The van der Waals surface area contributed by atoms with E-state index < -0.39 is 0 Å². The molecule has 19 heavy (non-hydrogen) atoms. The molecule has 104 valence electrons. The van der Waals surface area contributed by atoms with Gasteiger partial charge in [-0.15, -0.1) is 0 Å². The molecule has 0 radical (unpaired) electrons. The Labute approximate surface area is 121 Å². The molecule has 1 saturated carbocycles. The van der Waals surface area contributed by atoms with Gasteiger partial charge in [0.25, 0.3) is 0 Å². The minimum Gasteiger partial charge on any atom is -0.291 e. The van der Waals surface area contributed by atoms with E-state index in [0.717, 1.165) is 10.9 Å². The van der Waals surface area contributed by atoms with E-state index in [1.807, 2.05) is 0 Å². The summed E-state index contributed by atoms with van der Waals surface area (Å²) in [7, 11) is 0. The molecule has 3 rings (SSSR count). The molecule has 1 atom stereocenters. The smallest absolute Gasteiger partial charge is 0.0409 e. The van der Waals surface area contributed by atoms with E-state index in [-0.39, 0.29) is 5.54 Å². The molecule has 0 aromatic heterocycles. The Kier molecular flexibility index (Phi) is 3.39. The van der Waals surface area contributed by atoms with Crippen LogP contribution in [0.1, 0.15) is 69.5 Å². The van der Waals surface area contributed by atoms with Crippen molar-refractivity contribution in [2.75, 3.05) is 6.54 Å². The summed E-state index contributed by atoms with van der Waals surface area (Å²) in [4.78, 5) is 2.67. The predicted molar refractivity (Wildman–Crippen MR) is 81.9 cm³/mol. The van der Waals surface area contributed by atoms with E-state index in [2.05, 4.69) is 43.9 Å². The highest BCUT2D eigenvalue weighted by molar-refractivity contribution is 6.30. The molecule has 0 amide bonds. The Hall–Kier alpha value is -0.530. The molecule has 0 N–H and O–H groups in total. The molecular formula is C17H24ClN. The number of likely N-dealkylation sites (tertiary alicyclic amines) is 1. The van der Waals surface area contributed by atoms with Gasteiger partial charge in [0.2, 0.25) is 0 Å². The number of nitrogens with zero attached hydrogens (tertiary/aromatic N) is 1. The second-order valence-corrected chi connectivity index (χ2v) is 7.51. The van der Waals surface area contributed by atoms with Crippen molar-refractivity contribution < 1.29 is 0 Å². The van der Waals surface area contributed by atoms with Gasteiger partial charge in [-0.2, -0.15) is 0 Å². The van der Waals surface area contributed by atoms with Crippen molar-refractivity contribution in [3.8, 4) is 0 Å². The Morgan fingerprint density at radius 3 is 2.47 bits per heavy atom. The summed E-state index contributed by atoms with van der Waals surface area (Å²) in [5.74, 6) is 0.774. The van der Waals surface area contributed by atoms with Crippen LogP contribution < -0.4 is 0 Å². The first-order chi connectivity index (χ1) is 8.97. The Morgan fingerprint density at radius 1 is 1.11 bits per heavy atom. The van der Waals surface area contributed by atoms with Crippen molar-refractivity contribution in [2.45, 2.75) is 64.0 Å². The quantitative estimate of drug-likeness (QED) is 0.722. The predicted octanol–water partition coefficient (Wildman–Crippen LogP) is 5.15. The van der Waals surface area contributed by atoms with Gasteiger partial charge in [0, 0.05) is 16.6 Å². The zero-order valence-corrected chi connectivity index (χ0v) is 13.0. The summed E-state index contributed by atoms with van der Waals surface area (Å²) in [6.07, 6.45) is 5.29. The van der Waals surface area contributed by atoms with E-state index in [1.165, 1.54) is 37.8 Å². The summed E-state index contributed by atoms with van der Waals surface area (Å²) in [6, 6.07) is 7.16. The first kappa shape index (κ1) is 13.5. The molecule has 2 aliphatic rings. The van der Waals surface area contributed by atoms with Crippen LogP contribution in [0, 0.1) is 0 Å². The first-order valence-electron chi connectivity index (χ1n) is 7.53. The number of hydrogen-bond acceptors (Lipinski definition) is 1. The van der Waals surface area contributed by atoms with Crippen LogP contribution in [0.3, 0.4) is 0 Å². The van der Waals surface area contributed by atoms with Gasteiger partial charge in [-0.1, -0.05) is 17.7 Å². The van der Waals surface area contributed by atoms with Gasteiger partial charge in [-0.05, 0) is 82.2 Å². The molecule has 1 aliphatic carbocycles. The van der Waals surface area contributed by atoms with Gasteiger partial charge in [-0.3, -0.25) is 4.90 Å². The zero-order chi connectivity index (χ0) is 13.6. The summed E-state index contributed by atoms with van der Waals surface area (Å²) < 4.78 is 0. The summed E-state index contributed by atoms with van der Waals surface area (Å²) >= 11 is 6.21. The molecule has 1 nitrogen and oxygen atoms in total. The van der Waals surface area contributed by atoms with Crippen LogP contribution in [-0.2, 0) is 0 Å². The van der Waals surface area contributed by atoms with Crippen molar-refractivity contribution in [3.63, 3.8) is 0 Å². The number of halogens is 1. The van der Waals surface area contributed by atoms with Gasteiger partial charge < -0.3 is 0 Å². The molecule has 1 saturated heterocycles. The second-order valence-electron chi connectivity index (χ2n) is 7.07. The fraction of sp³-hybridized carbons (Fsp3) is 0.647. The topological polar surface area (TPSA) is 3.24 Å². The van der Waals surface area contributed by atoms with Crippen molar-refractivity contribution in [1.82, 2.24) is 4.90 Å². The molecule has 2 fully saturated rings. The summed E-state index contributed by atoms with van der Waals surface area (Å²) in [5, 5.41) is 0.894. The average Bonchev–Trinajstić information content (AvgIpc) is 3.05. The van der Waals surface area contributed by atoms with Crippen LogP contribution in [0.5, 0.6) is 0 Å². The fourth-order valence-electron chi connectivity index (χ4n) is 3.49. The molecule has 1 aromatic carbocycles. The maximum absolute atomic E-state index is 6.21. The second kappa shape index (κ2) is 4.79. The van der Waals surface area contributed by atoms with Crippen LogP contribution in [0.25, 0.3) is 0 Å². The minimum atomic E-state index is 0.252. The van der Waals surface area contributed by atoms with Crippen molar-refractivity contribution >= 4 is 11.6 Å². The van der Waals surface area contributed by atoms with Crippen LogP contribution in [0.4, 0.5) is 0 Å². The normalized spacial score (nSPS) is 24.9. The lowest BCUT2D eigenvalue weighted by Crippen LogP contribution is -2.40. The summed E-state index contributed by atoms with van der Waals surface area (Å²) in [6.45, 7) is 8.22. The third kappa shape index (κ3) is 2.68. The first-order valence-corrected chi connectivity index (χ1v) is 7.91. The molecule has 1 unspecified atom stereocenters. The lowest BCUT2D eigenvalue weighted by atomic mass is 9.93. The average molecular weight is 278 g/mol. The van der Waals surface area contributed by atoms with Crippen molar-refractivity contribution in [2.24, 2.45) is 0 Å². The zero-order valence-electron chi connectivity index (χ0n) is 12.2. The maximum atomic E-state index is 6.21. The third-order valence-corrected chi connectivity index (χ3v) is 4.77. The van der Waals surface area contributed by atoms with Crippen molar-refractivity contribution in [1.29, 1.82) is 0 Å². The lowest BCUT2D eigenvalue weighted by molar-refractivity contribution is 0.121. The number of benzene rings is 1. The standard InChI is InChI=1S/C17H24ClN/c1-17(2,3)19-10-4-5-16(19)14-9-8-13(18)11-15(14)12-6-7-12/h8-9,11-12,16H,4-7,10H2,1-3H3. The van der Waals surface area contributed by atoms with Crippen LogP contribution in [0.15, 0.2) is 18.2 Å². The van der Waals surface area contributed by atoms with Gasteiger partial charge in [0.15, 0.2) is 0 Å². The van der Waals surface area contributed by atoms with Crippen molar-refractivity contribution in [3.05, 3.63) is 34.3 Å². The Bertz CT molecular complexity index is 471. The molecule has 1 aromatic rings. The van der Waals surface area contributed by atoms with E-state index in [4.69, 9.17) is 11.6 Å². The van der Waals surface area contributed by atoms with Gasteiger partial charge in [-0.25, -0.2) is 0 Å². The Morgan fingerprint density at radius 2 is 1.84 bits per heavy atom. The van der Waals surface area contributed by atoms with Crippen LogP contribution in [-0.4, -0.2) is 17.0 Å². The summed E-state index contributed by atoms with van der Waals surface area (Å²) in [5.41, 5.74) is 3.31. The van der Waals surface area contributed by atoms with E-state index in [1.54, 1.807) is 5.56 Å². The number of hydrogen-bond donors (Lipinski definition) is 0. The fourth-order valence-corrected chi connectivity index (χ4v) is 3.67. The third-order valence-electron chi connectivity index (χ3n) is 4.54. The van der Waals surface area contributed by atoms with E-state index in [9.17, 15) is 0 Å². The highest BCUT2D eigenvalue weighted by Crippen LogP contribution is 2.47. The highest BCUT2D eigenvalue weighted by atomic mass is 35.5. The number of rotatable bonds is 2. The largest absolute Gasteiger partial charge is 0.291 e.